The molecule has 0 aliphatic carbocycles. The van der Waals surface area contributed by atoms with Gasteiger partial charge >= 0.3 is 7.12 Å². The number of rotatable bonds is 2. The van der Waals surface area contributed by atoms with Crippen LogP contribution >= 0.6 is 0 Å². The third-order valence-electron chi connectivity index (χ3n) is 3.90. The molecule has 0 unspecified atom stereocenters. The molecule has 0 aromatic heterocycles. The molecule has 0 radical (unpaired) electrons. The molecule has 1 aromatic carbocycles. The minimum Gasteiger partial charge on any atom is -0.494 e. The predicted molar refractivity (Wildman–Crippen MR) is 73.1 cm³/mol. The standard InChI is InChI=1S/C13H19BFNO3/c1-12(2)13(3,4)19-14(18-12)8-6-7-9(17-5)11(16)10(8)15/h6-7H,16H2,1-5H3. The zero-order valence-electron chi connectivity index (χ0n) is 11.9. The first-order valence-corrected chi connectivity index (χ1v) is 6.17. The Labute approximate surface area is 113 Å². The number of ether oxygens (including phenoxy) is 1. The highest BCUT2D eigenvalue weighted by Gasteiger charge is 2.52. The Morgan fingerprint density at radius 1 is 1.16 bits per heavy atom. The van der Waals surface area contributed by atoms with E-state index in [2.05, 4.69) is 0 Å². The Morgan fingerprint density at radius 2 is 1.68 bits per heavy atom. The molecule has 1 aliphatic heterocycles. The van der Waals surface area contributed by atoms with Gasteiger partial charge in [-0.3, -0.25) is 0 Å². The molecule has 0 atom stereocenters. The second-order valence-corrected chi connectivity index (χ2v) is 5.67. The van der Waals surface area contributed by atoms with Gasteiger partial charge in [-0.1, -0.05) is 6.07 Å². The average Bonchev–Trinajstić information content (AvgIpc) is 2.51. The molecular weight excluding hydrogens is 248 g/mol. The first-order chi connectivity index (χ1) is 8.69. The monoisotopic (exact) mass is 267 g/mol. The first-order valence-electron chi connectivity index (χ1n) is 6.17. The summed E-state index contributed by atoms with van der Waals surface area (Å²) in [5.41, 5.74) is 4.91. The molecule has 2 rings (SSSR count). The summed E-state index contributed by atoms with van der Waals surface area (Å²) in [6, 6.07) is 3.19. The second kappa shape index (κ2) is 4.39. The van der Waals surface area contributed by atoms with E-state index in [0.29, 0.717) is 5.75 Å². The zero-order chi connectivity index (χ0) is 14.4. The summed E-state index contributed by atoms with van der Waals surface area (Å²) in [6.07, 6.45) is 0. The average molecular weight is 267 g/mol. The van der Waals surface area contributed by atoms with E-state index in [4.69, 9.17) is 19.8 Å². The molecule has 0 spiro atoms. The van der Waals surface area contributed by atoms with Crippen LogP contribution < -0.4 is 15.9 Å². The molecule has 1 heterocycles. The number of hydrogen-bond donors (Lipinski definition) is 1. The van der Waals surface area contributed by atoms with Gasteiger partial charge in [0.15, 0.2) is 0 Å². The largest absolute Gasteiger partial charge is 0.497 e. The first kappa shape index (κ1) is 14.2. The lowest BCUT2D eigenvalue weighted by Gasteiger charge is -2.32. The van der Waals surface area contributed by atoms with Crippen molar-refractivity contribution in [1.82, 2.24) is 0 Å². The molecule has 0 amide bonds. The summed E-state index contributed by atoms with van der Waals surface area (Å²) in [6.45, 7) is 7.66. The summed E-state index contributed by atoms with van der Waals surface area (Å²) < 4.78 is 30.8. The molecule has 1 saturated heterocycles. The summed E-state index contributed by atoms with van der Waals surface area (Å²) in [7, 11) is 0.678. The molecule has 19 heavy (non-hydrogen) atoms. The fourth-order valence-electron chi connectivity index (χ4n) is 1.92. The number of anilines is 1. The van der Waals surface area contributed by atoms with E-state index < -0.39 is 24.1 Å². The van der Waals surface area contributed by atoms with Crippen LogP contribution in [0.15, 0.2) is 12.1 Å². The van der Waals surface area contributed by atoms with Gasteiger partial charge in [0.2, 0.25) is 0 Å². The van der Waals surface area contributed by atoms with E-state index in [0.717, 1.165) is 0 Å². The quantitative estimate of drug-likeness (QED) is 0.654. The highest BCUT2D eigenvalue weighted by Crippen LogP contribution is 2.37. The molecule has 0 bridgehead atoms. The summed E-state index contributed by atoms with van der Waals surface area (Å²) >= 11 is 0. The van der Waals surface area contributed by atoms with Crippen molar-refractivity contribution in [3.63, 3.8) is 0 Å². The van der Waals surface area contributed by atoms with Crippen molar-refractivity contribution >= 4 is 18.3 Å². The van der Waals surface area contributed by atoms with Crippen LogP contribution in [-0.2, 0) is 9.31 Å². The predicted octanol–water partition coefficient (Wildman–Crippen LogP) is 1.72. The molecule has 6 heteroatoms. The SMILES string of the molecule is COc1ccc(B2OC(C)(C)C(C)(C)O2)c(F)c1N. The smallest absolute Gasteiger partial charge is 0.494 e. The minimum atomic E-state index is -0.766. The molecule has 0 saturated carbocycles. The number of nitrogen functional groups attached to an aromatic ring is 1. The second-order valence-electron chi connectivity index (χ2n) is 5.67. The lowest BCUT2D eigenvalue weighted by atomic mass is 9.78. The van der Waals surface area contributed by atoms with Crippen molar-refractivity contribution in [2.75, 3.05) is 12.8 Å². The topological polar surface area (TPSA) is 53.7 Å². The van der Waals surface area contributed by atoms with Crippen molar-refractivity contribution < 1.29 is 18.4 Å². The van der Waals surface area contributed by atoms with Gasteiger partial charge in [0.1, 0.15) is 17.3 Å². The van der Waals surface area contributed by atoms with Crippen molar-refractivity contribution in [3.05, 3.63) is 17.9 Å². The van der Waals surface area contributed by atoms with Gasteiger partial charge < -0.3 is 19.8 Å². The van der Waals surface area contributed by atoms with Gasteiger partial charge in [-0.15, -0.1) is 0 Å². The lowest BCUT2D eigenvalue weighted by Crippen LogP contribution is -2.41. The number of benzene rings is 1. The van der Waals surface area contributed by atoms with Crippen LogP contribution in [0, 0.1) is 5.82 Å². The summed E-state index contributed by atoms with van der Waals surface area (Å²) in [5.74, 6) is -0.254. The maximum Gasteiger partial charge on any atom is 0.497 e. The Bertz CT molecular complexity index is 489. The minimum absolute atomic E-state index is 0.0327. The van der Waals surface area contributed by atoms with Crippen LogP contribution in [-0.4, -0.2) is 25.4 Å². The van der Waals surface area contributed by atoms with Gasteiger partial charge in [-0.25, -0.2) is 4.39 Å². The van der Waals surface area contributed by atoms with E-state index >= 15 is 0 Å². The fourth-order valence-corrected chi connectivity index (χ4v) is 1.92. The Balaban J connectivity index is 2.38. The van der Waals surface area contributed by atoms with Gasteiger partial charge in [0, 0.05) is 5.46 Å². The van der Waals surface area contributed by atoms with Crippen molar-refractivity contribution in [2.45, 2.75) is 38.9 Å². The maximum atomic E-state index is 14.2. The number of halogens is 1. The van der Waals surface area contributed by atoms with Crippen molar-refractivity contribution in [1.29, 1.82) is 0 Å². The molecule has 4 nitrogen and oxygen atoms in total. The Hall–Kier alpha value is -1.27. The molecule has 104 valence electrons. The molecule has 1 aliphatic rings. The van der Waals surface area contributed by atoms with Crippen LogP contribution in [0.2, 0.25) is 0 Å². The van der Waals surface area contributed by atoms with Gasteiger partial charge in [0.05, 0.1) is 18.3 Å². The highest BCUT2D eigenvalue weighted by atomic mass is 19.1. The van der Waals surface area contributed by atoms with E-state index in [1.54, 1.807) is 12.1 Å². The van der Waals surface area contributed by atoms with Crippen LogP contribution in [0.1, 0.15) is 27.7 Å². The Morgan fingerprint density at radius 3 is 2.16 bits per heavy atom. The van der Waals surface area contributed by atoms with Gasteiger partial charge in [-0.2, -0.15) is 0 Å². The normalized spacial score (nSPS) is 20.6. The van der Waals surface area contributed by atoms with Crippen LogP contribution in [0.25, 0.3) is 0 Å². The molecular formula is C13H19BFNO3. The number of methoxy groups -OCH3 is 1. The summed E-state index contributed by atoms with van der Waals surface area (Å²) in [4.78, 5) is 0. The van der Waals surface area contributed by atoms with Crippen LogP contribution in [0.3, 0.4) is 0 Å². The Kier molecular flexibility index (Phi) is 3.27. The third-order valence-corrected chi connectivity index (χ3v) is 3.90. The third kappa shape index (κ3) is 2.19. The molecule has 1 aromatic rings. The molecule has 2 N–H and O–H groups in total. The highest BCUT2D eigenvalue weighted by molar-refractivity contribution is 6.62. The summed E-state index contributed by atoms with van der Waals surface area (Å²) in [5, 5.41) is 0. The van der Waals surface area contributed by atoms with E-state index in [1.165, 1.54) is 7.11 Å². The maximum absolute atomic E-state index is 14.2. The van der Waals surface area contributed by atoms with E-state index in [-0.39, 0.29) is 11.2 Å². The number of nitrogens with two attached hydrogens (primary N) is 1. The molecule has 1 fully saturated rings. The van der Waals surface area contributed by atoms with E-state index in [9.17, 15) is 4.39 Å². The zero-order valence-corrected chi connectivity index (χ0v) is 11.9. The van der Waals surface area contributed by atoms with Crippen LogP contribution in [0.5, 0.6) is 5.75 Å². The van der Waals surface area contributed by atoms with Crippen LogP contribution in [0.4, 0.5) is 10.1 Å². The lowest BCUT2D eigenvalue weighted by molar-refractivity contribution is 0.00578. The van der Waals surface area contributed by atoms with E-state index in [1.807, 2.05) is 27.7 Å². The van der Waals surface area contributed by atoms with Crippen molar-refractivity contribution in [2.24, 2.45) is 0 Å². The number of hydrogen-bond acceptors (Lipinski definition) is 4. The van der Waals surface area contributed by atoms with Gasteiger partial charge in [0.25, 0.3) is 0 Å². The fraction of sp³-hybridized carbons (Fsp3) is 0.538. The van der Waals surface area contributed by atoms with Gasteiger partial charge in [-0.05, 0) is 33.8 Å². The van der Waals surface area contributed by atoms with Crippen molar-refractivity contribution in [3.8, 4) is 5.75 Å².